The van der Waals surface area contributed by atoms with Crippen molar-refractivity contribution in [1.29, 1.82) is 0 Å². The molecule has 0 aliphatic rings. The highest BCUT2D eigenvalue weighted by Gasteiger charge is 2.14. The number of furan rings is 1. The van der Waals surface area contributed by atoms with Gasteiger partial charge in [-0.3, -0.25) is 4.79 Å². The van der Waals surface area contributed by atoms with Gasteiger partial charge in [-0.2, -0.15) is 0 Å². The molecule has 0 saturated carbocycles. The SMILES string of the molecule is CCn1ccnc1CC(=O)c1ccc(CN)o1. The molecule has 17 heavy (non-hydrogen) atoms. The number of ketones is 1. The zero-order chi connectivity index (χ0) is 12.3. The van der Waals surface area contributed by atoms with Crippen LogP contribution in [0.3, 0.4) is 0 Å². The van der Waals surface area contributed by atoms with Crippen molar-refractivity contribution in [3.05, 3.63) is 41.9 Å². The predicted octanol–water partition coefficient (Wildman–Crippen LogP) is 1.38. The molecule has 0 saturated heterocycles. The van der Waals surface area contributed by atoms with Gasteiger partial charge in [0, 0.05) is 18.9 Å². The minimum absolute atomic E-state index is 0.0781. The number of carbonyl (C=O) groups is 1. The number of imidazole rings is 1. The van der Waals surface area contributed by atoms with Crippen molar-refractivity contribution in [3.63, 3.8) is 0 Å². The van der Waals surface area contributed by atoms with Gasteiger partial charge in [0.1, 0.15) is 11.6 Å². The molecule has 2 rings (SSSR count). The molecule has 0 fully saturated rings. The molecular weight excluding hydrogens is 218 g/mol. The van der Waals surface area contributed by atoms with Crippen molar-refractivity contribution in [2.45, 2.75) is 26.4 Å². The van der Waals surface area contributed by atoms with E-state index in [4.69, 9.17) is 10.2 Å². The van der Waals surface area contributed by atoms with Crippen LogP contribution in [0, 0.1) is 0 Å². The lowest BCUT2D eigenvalue weighted by Crippen LogP contribution is -2.09. The van der Waals surface area contributed by atoms with Gasteiger partial charge < -0.3 is 14.7 Å². The zero-order valence-corrected chi connectivity index (χ0v) is 9.72. The fourth-order valence-electron chi connectivity index (χ4n) is 1.66. The standard InChI is InChI=1S/C12H15N3O2/c1-2-15-6-5-14-12(15)7-10(16)11-4-3-9(8-13)17-11/h3-6H,2,7-8,13H2,1H3. The van der Waals surface area contributed by atoms with Crippen molar-refractivity contribution in [2.75, 3.05) is 0 Å². The van der Waals surface area contributed by atoms with Crippen LogP contribution < -0.4 is 5.73 Å². The van der Waals surface area contributed by atoms with Crippen molar-refractivity contribution in [3.8, 4) is 0 Å². The number of hydrogen-bond donors (Lipinski definition) is 1. The van der Waals surface area contributed by atoms with Gasteiger partial charge in [-0.15, -0.1) is 0 Å². The van der Waals surface area contributed by atoms with Crippen molar-refractivity contribution in [2.24, 2.45) is 5.73 Å². The first kappa shape index (κ1) is 11.6. The van der Waals surface area contributed by atoms with Crippen LogP contribution in [0.25, 0.3) is 0 Å². The Labute approximate surface area is 99.2 Å². The molecule has 0 aromatic carbocycles. The highest BCUT2D eigenvalue weighted by molar-refractivity contribution is 5.94. The average Bonchev–Trinajstić information content (AvgIpc) is 2.96. The molecule has 5 nitrogen and oxygen atoms in total. The first-order valence-electron chi connectivity index (χ1n) is 5.56. The van der Waals surface area contributed by atoms with Crippen LogP contribution in [0.4, 0.5) is 0 Å². The van der Waals surface area contributed by atoms with Gasteiger partial charge in [0.2, 0.25) is 5.78 Å². The van der Waals surface area contributed by atoms with E-state index in [1.807, 2.05) is 17.7 Å². The van der Waals surface area contributed by atoms with Gasteiger partial charge in [0.25, 0.3) is 0 Å². The third kappa shape index (κ3) is 2.45. The molecule has 2 N–H and O–H groups in total. The topological polar surface area (TPSA) is 74.0 Å². The normalized spacial score (nSPS) is 10.7. The van der Waals surface area contributed by atoms with E-state index in [0.717, 1.165) is 12.4 Å². The monoisotopic (exact) mass is 233 g/mol. The number of nitrogens with two attached hydrogens (primary N) is 1. The second-order valence-corrected chi connectivity index (χ2v) is 3.70. The summed E-state index contributed by atoms with van der Waals surface area (Å²) in [5, 5.41) is 0. The molecule has 0 atom stereocenters. The molecule has 2 aromatic heterocycles. The van der Waals surface area contributed by atoms with Crippen LogP contribution in [-0.2, 0) is 19.5 Å². The van der Waals surface area contributed by atoms with E-state index in [-0.39, 0.29) is 12.2 Å². The predicted molar refractivity (Wildman–Crippen MR) is 62.5 cm³/mol. The Hall–Kier alpha value is -1.88. The molecule has 0 aliphatic carbocycles. The maximum Gasteiger partial charge on any atom is 0.205 e. The molecular formula is C12H15N3O2. The maximum atomic E-state index is 11.9. The van der Waals surface area contributed by atoms with Crippen molar-refractivity contribution in [1.82, 2.24) is 9.55 Å². The largest absolute Gasteiger partial charge is 0.457 e. The zero-order valence-electron chi connectivity index (χ0n) is 9.72. The number of nitrogens with zero attached hydrogens (tertiary/aromatic N) is 2. The van der Waals surface area contributed by atoms with Gasteiger partial charge >= 0.3 is 0 Å². The summed E-state index contributed by atoms with van der Waals surface area (Å²) >= 11 is 0. The fourth-order valence-corrected chi connectivity index (χ4v) is 1.66. The molecule has 90 valence electrons. The molecule has 0 bridgehead atoms. The Morgan fingerprint density at radius 2 is 2.35 bits per heavy atom. The van der Waals surface area contributed by atoms with E-state index in [9.17, 15) is 4.79 Å². The summed E-state index contributed by atoms with van der Waals surface area (Å²) < 4.78 is 7.24. The lowest BCUT2D eigenvalue weighted by Gasteiger charge is -2.02. The number of aryl methyl sites for hydroxylation is 1. The molecule has 5 heteroatoms. The van der Waals surface area contributed by atoms with Crippen LogP contribution in [0.2, 0.25) is 0 Å². The molecule has 0 aliphatic heterocycles. The van der Waals surface area contributed by atoms with Crippen LogP contribution >= 0.6 is 0 Å². The van der Waals surface area contributed by atoms with Crippen LogP contribution in [0.5, 0.6) is 0 Å². The smallest absolute Gasteiger partial charge is 0.205 e. The van der Waals surface area contributed by atoms with Gasteiger partial charge in [-0.1, -0.05) is 0 Å². The summed E-state index contributed by atoms with van der Waals surface area (Å²) in [6.07, 6.45) is 3.80. The molecule has 0 radical (unpaired) electrons. The number of carbonyl (C=O) groups excluding carboxylic acids is 1. The summed E-state index contributed by atoms with van der Waals surface area (Å²) in [6, 6.07) is 3.38. The quantitative estimate of drug-likeness (QED) is 0.792. The summed E-state index contributed by atoms with van der Waals surface area (Å²) in [6.45, 7) is 3.11. The number of rotatable bonds is 5. The van der Waals surface area contributed by atoms with Gasteiger partial charge in [0.15, 0.2) is 5.76 Å². The van der Waals surface area contributed by atoms with Gasteiger partial charge in [0.05, 0.1) is 13.0 Å². The van der Waals surface area contributed by atoms with E-state index in [0.29, 0.717) is 18.1 Å². The molecule has 2 heterocycles. The third-order valence-electron chi connectivity index (χ3n) is 2.60. The van der Waals surface area contributed by atoms with Crippen LogP contribution in [0.1, 0.15) is 29.1 Å². The lowest BCUT2D eigenvalue weighted by atomic mass is 10.2. The fraction of sp³-hybridized carbons (Fsp3) is 0.333. The average molecular weight is 233 g/mol. The highest BCUT2D eigenvalue weighted by Crippen LogP contribution is 2.10. The minimum Gasteiger partial charge on any atom is -0.457 e. The maximum absolute atomic E-state index is 11.9. The van der Waals surface area contributed by atoms with Gasteiger partial charge in [-0.25, -0.2) is 4.98 Å². The Kier molecular flexibility index (Phi) is 3.39. The lowest BCUT2D eigenvalue weighted by molar-refractivity contribution is 0.0961. The second-order valence-electron chi connectivity index (χ2n) is 3.70. The first-order chi connectivity index (χ1) is 8.24. The molecule has 0 spiro atoms. The van der Waals surface area contributed by atoms with Crippen LogP contribution in [-0.4, -0.2) is 15.3 Å². The first-order valence-corrected chi connectivity index (χ1v) is 5.56. The Balaban J connectivity index is 2.11. The second kappa shape index (κ2) is 4.97. The van der Waals surface area contributed by atoms with E-state index in [2.05, 4.69) is 4.98 Å². The summed E-state index contributed by atoms with van der Waals surface area (Å²) in [7, 11) is 0. The summed E-state index contributed by atoms with van der Waals surface area (Å²) in [5.41, 5.74) is 5.42. The highest BCUT2D eigenvalue weighted by atomic mass is 16.3. The number of aromatic nitrogens is 2. The third-order valence-corrected chi connectivity index (χ3v) is 2.60. The number of Topliss-reactive ketones (excluding diaryl/α,β-unsaturated/α-hetero) is 1. The molecule has 0 unspecified atom stereocenters. The summed E-state index contributed by atoms with van der Waals surface area (Å²) in [5.74, 6) is 1.64. The Morgan fingerprint density at radius 3 is 3.00 bits per heavy atom. The minimum atomic E-state index is -0.0781. The Morgan fingerprint density at radius 1 is 1.53 bits per heavy atom. The molecule has 0 amide bonds. The van der Waals surface area contributed by atoms with Crippen LogP contribution in [0.15, 0.2) is 28.9 Å². The van der Waals surface area contributed by atoms with E-state index >= 15 is 0 Å². The Bertz CT molecular complexity index is 513. The summed E-state index contributed by atoms with van der Waals surface area (Å²) in [4.78, 5) is 16.1. The molecule has 2 aromatic rings. The van der Waals surface area contributed by atoms with Crippen molar-refractivity contribution < 1.29 is 9.21 Å². The van der Waals surface area contributed by atoms with Crippen molar-refractivity contribution >= 4 is 5.78 Å². The van der Waals surface area contributed by atoms with E-state index in [1.54, 1.807) is 18.3 Å². The van der Waals surface area contributed by atoms with E-state index in [1.165, 1.54) is 0 Å². The number of hydrogen-bond acceptors (Lipinski definition) is 4. The van der Waals surface area contributed by atoms with E-state index < -0.39 is 0 Å². The van der Waals surface area contributed by atoms with Gasteiger partial charge in [-0.05, 0) is 19.1 Å².